The fraction of sp³-hybridized carbons (Fsp3) is 0.786. The highest BCUT2D eigenvalue weighted by Crippen LogP contribution is 2.21. The molecule has 0 radical (unpaired) electrons. The maximum Gasteiger partial charge on any atom is 0.240 e. The average molecular weight is 345 g/mol. The Bertz CT molecular complexity index is 557. The zero-order valence-electron chi connectivity index (χ0n) is 13.6. The molecular weight excluding hydrogens is 320 g/mol. The Morgan fingerprint density at radius 3 is 2.82 bits per heavy atom. The minimum absolute atomic E-state index is 0.0873. The van der Waals surface area contributed by atoms with Crippen molar-refractivity contribution in [2.45, 2.75) is 38.9 Å². The van der Waals surface area contributed by atoms with Gasteiger partial charge in [0, 0.05) is 36.1 Å². The molecule has 124 valence electrons. The van der Waals surface area contributed by atoms with E-state index in [0.29, 0.717) is 36.4 Å². The first-order valence-corrected chi connectivity index (χ1v) is 9.63. The number of nitrogens with one attached hydrogen (secondary N) is 1. The molecule has 1 fully saturated rings. The lowest BCUT2D eigenvalue weighted by molar-refractivity contribution is -0.117. The molecule has 0 bridgehead atoms. The molecule has 1 aromatic rings. The van der Waals surface area contributed by atoms with Gasteiger partial charge >= 0.3 is 0 Å². The van der Waals surface area contributed by atoms with Crippen LogP contribution in [-0.4, -0.2) is 55.3 Å². The molecule has 22 heavy (non-hydrogen) atoms. The highest BCUT2D eigenvalue weighted by molar-refractivity contribution is 7.86. The lowest BCUT2D eigenvalue weighted by atomic mass is 10.1. The van der Waals surface area contributed by atoms with Gasteiger partial charge in [0.05, 0.1) is 11.3 Å². The van der Waals surface area contributed by atoms with Gasteiger partial charge in [0.2, 0.25) is 11.0 Å². The average Bonchev–Trinajstić information content (AvgIpc) is 2.79. The van der Waals surface area contributed by atoms with Gasteiger partial charge in [-0.25, -0.2) is 0 Å². The third-order valence-electron chi connectivity index (χ3n) is 3.48. The number of carbonyl (C=O) groups excluding carboxylic acids is 1. The molecule has 1 atom stereocenters. The predicted molar refractivity (Wildman–Crippen MR) is 90.6 cm³/mol. The van der Waals surface area contributed by atoms with Crippen molar-refractivity contribution in [1.82, 2.24) is 15.1 Å². The summed E-state index contributed by atoms with van der Waals surface area (Å²) in [5, 5.41) is 12.4. The van der Waals surface area contributed by atoms with Gasteiger partial charge < -0.3 is 0 Å². The van der Waals surface area contributed by atoms with Gasteiger partial charge in [-0.05, 0) is 19.8 Å². The van der Waals surface area contributed by atoms with E-state index < -0.39 is 10.8 Å². The number of carbonyl (C=O) groups is 1. The predicted octanol–water partition coefficient (Wildman–Crippen LogP) is 1.52. The van der Waals surface area contributed by atoms with Crippen LogP contribution < -0.4 is 5.32 Å². The second kappa shape index (κ2) is 7.14. The molecule has 0 spiro atoms. The van der Waals surface area contributed by atoms with Gasteiger partial charge in [-0.3, -0.25) is 19.2 Å². The summed E-state index contributed by atoms with van der Waals surface area (Å²) in [4.78, 5) is 14.2. The lowest BCUT2D eigenvalue weighted by Gasteiger charge is -2.36. The van der Waals surface area contributed by atoms with Crippen LogP contribution in [0.5, 0.6) is 0 Å². The second-order valence-corrected chi connectivity index (χ2v) is 9.93. The molecule has 2 heterocycles. The number of aromatic nitrogens is 2. The van der Waals surface area contributed by atoms with E-state index in [1.165, 1.54) is 11.3 Å². The van der Waals surface area contributed by atoms with Crippen LogP contribution in [0, 0.1) is 5.92 Å². The van der Waals surface area contributed by atoms with E-state index >= 15 is 0 Å². The summed E-state index contributed by atoms with van der Waals surface area (Å²) in [5.74, 6) is 1.06. The summed E-state index contributed by atoms with van der Waals surface area (Å²) in [6.45, 7) is 9.88. The molecule has 1 aliphatic rings. The number of anilines is 1. The van der Waals surface area contributed by atoms with Crippen molar-refractivity contribution in [1.29, 1.82) is 0 Å². The Morgan fingerprint density at radius 1 is 1.45 bits per heavy atom. The smallest absolute Gasteiger partial charge is 0.240 e. The molecular formula is C14H24N4O2S2. The highest BCUT2D eigenvalue weighted by Gasteiger charge is 2.33. The third kappa shape index (κ3) is 4.82. The van der Waals surface area contributed by atoms with Crippen LogP contribution in [0.25, 0.3) is 0 Å². The quantitative estimate of drug-likeness (QED) is 0.876. The van der Waals surface area contributed by atoms with Crippen LogP contribution in [0.2, 0.25) is 0 Å². The topological polar surface area (TPSA) is 75.2 Å². The Kier molecular flexibility index (Phi) is 5.68. The van der Waals surface area contributed by atoms with E-state index in [0.717, 1.165) is 11.4 Å². The number of rotatable bonds is 5. The van der Waals surface area contributed by atoms with Crippen molar-refractivity contribution in [2.75, 3.05) is 30.7 Å². The minimum atomic E-state index is -0.820. The first-order chi connectivity index (χ1) is 10.3. The van der Waals surface area contributed by atoms with Crippen molar-refractivity contribution in [3.05, 3.63) is 5.01 Å². The third-order valence-corrected chi connectivity index (χ3v) is 6.25. The van der Waals surface area contributed by atoms with Crippen molar-refractivity contribution in [3.8, 4) is 0 Å². The Labute approximate surface area is 138 Å². The molecule has 2 rings (SSSR count). The monoisotopic (exact) mass is 344 g/mol. The van der Waals surface area contributed by atoms with Crippen molar-refractivity contribution in [2.24, 2.45) is 5.92 Å². The molecule has 0 saturated carbocycles. The summed E-state index contributed by atoms with van der Waals surface area (Å²) in [7, 11) is -0.820. The van der Waals surface area contributed by atoms with E-state index in [2.05, 4.69) is 29.4 Å². The number of nitrogens with zero attached hydrogens (tertiary/aromatic N) is 3. The van der Waals surface area contributed by atoms with Crippen LogP contribution >= 0.6 is 11.3 Å². The van der Waals surface area contributed by atoms with Gasteiger partial charge in [0.15, 0.2) is 0 Å². The van der Waals surface area contributed by atoms with Crippen LogP contribution in [0.1, 0.15) is 32.7 Å². The molecule has 0 unspecified atom stereocenters. The molecule has 6 nitrogen and oxygen atoms in total. The van der Waals surface area contributed by atoms with E-state index in [-0.39, 0.29) is 10.7 Å². The molecule has 1 saturated heterocycles. The van der Waals surface area contributed by atoms with E-state index in [1.54, 1.807) is 0 Å². The van der Waals surface area contributed by atoms with Gasteiger partial charge in [-0.2, -0.15) is 0 Å². The molecule has 0 aliphatic carbocycles. The number of hydrogen-bond acceptors (Lipinski definition) is 6. The number of hydrogen-bond donors (Lipinski definition) is 1. The molecule has 8 heteroatoms. The van der Waals surface area contributed by atoms with Crippen molar-refractivity contribution < 1.29 is 9.00 Å². The molecule has 1 aromatic heterocycles. The van der Waals surface area contributed by atoms with E-state index in [9.17, 15) is 9.00 Å². The lowest BCUT2D eigenvalue weighted by Crippen LogP contribution is -2.51. The van der Waals surface area contributed by atoms with E-state index in [4.69, 9.17) is 0 Å². The minimum Gasteiger partial charge on any atom is -0.299 e. The first kappa shape index (κ1) is 17.5. The fourth-order valence-corrected chi connectivity index (χ4v) is 4.68. The normalized spacial score (nSPS) is 22.0. The maximum absolute atomic E-state index is 12.1. The van der Waals surface area contributed by atoms with Crippen LogP contribution in [-0.2, 0) is 22.0 Å². The summed E-state index contributed by atoms with van der Waals surface area (Å²) in [6.07, 6.45) is 0.875. The molecule has 1 N–H and O–H groups in total. The summed E-state index contributed by atoms with van der Waals surface area (Å²) < 4.78 is 11.6. The molecule has 0 aromatic carbocycles. The fourth-order valence-electron chi connectivity index (χ4n) is 2.41. The second-order valence-electron chi connectivity index (χ2n) is 6.67. The van der Waals surface area contributed by atoms with Gasteiger partial charge in [0.25, 0.3) is 0 Å². The molecule has 1 amide bonds. The van der Waals surface area contributed by atoms with Crippen LogP contribution in [0.3, 0.4) is 0 Å². The number of amides is 1. The van der Waals surface area contributed by atoms with Crippen molar-refractivity contribution in [3.63, 3.8) is 0 Å². The standard InChI is InChI=1S/C14H24N4O2S2/c1-10(2)7-12-16-17-13(21-12)15-11(19)8-18-5-6-22(20)14(3,4)9-18/h10H,5-9H2,1-4H3,(H,15,17,19)/t22-/m0/s1. The molecule has 1 aliphatic heterocycles. The summed E-state index contributed by atoms with van der Waals surface area (Å²) in [6, 6.07) is 0. The van der Waals surface area contributed by atoms with Gasteiger partial charge in [-0.1, -0.05) is 25.2 Å². The zero-order chi connectivity index (χ0) is 16.3. The Balaban J connectivity index is 1.85. The first-order valence-electron chi connectivity index (χ1n) is 7.49. The SMILES string of the molecule is CC(C)Cc1nnc(NC(=O)CN2CC[S@](=O)C(C)(C)C2)s1. The van der Waals surface area contributed by atoms with Crippen LogP contribution in [0.4, 0.5) is 5.13 Å². The Morgan fingerprint density at radius 2 is 2.18 bits per heavy atom. The van der Waals surface area contributed by atoms with Crippen LogP contribution in [0.15, 0.2) is 0 Å². The largest absolute Gasteiger partial charge is 0.299 e. The van der Waals surface area contributed by atoms with E-state index in [1.807, 2.05) is 18.7 Å². The highest BCUT2D eigenvalue weighted by atomic mass is 32.2. The van der Waals surface area contributed by atoms with Gasteiger partial charge in [-0.15, -0.1) is 10.2 Å². The maximum atomic E-state index is 12.1. The van der Waals surface area contributed by atoms with Gasteiger partial charge in [0.1, 0.15) is 5.01 Å². The summed E-state index contributed by atoms with van der Waals surface area (Å²) in [5.41, 5.74) is 0. The zero-order valence-corrected chi connectivity index (χ0v) is 15.2. The van der Waals surface area contributed by atoms with Crippen molar-refractivity contribution >= 4 is 33.2 Å². The Hall–Kier alpha value is -0.860. The summed E-state index contributed by atoms with van der Waals surface area (Å²) >= 11 is 1.43.